The van der Waals surface area contributed by atoms with Crippen molar-refractivity contribution in [2.45, 2.75) is 19.9 Å². The number of nitrogens with zero attached hydrogens (tertiary/aromatic N) is 3. The highest BCUT2D eigenvalue weighted by molar-refractivity contribution is 7.15. The van der Waals surface area contributed by atoms with Gasteiger partial charge in [-0.1, -0.05) is 23.5 Å². The summed E-state index contributed by atoms with van der Waals surface area (Å²) < 4.78 is 16.7. The number of Topliss-reactive ketones (excluding diaryl/α,β-unsaturated/α-hetero) is 1. The molecular weight excluding hydrogens is 458 g/mol. The number of ketones is 1. The van der Waals surface area contributed by atoms with E-state index in [0.29, 0.717) is 53.2 Å². The van der Waals surface area contributed by atoms with Crippen LogP contribution in [0.1, 0.15) is 29.1 Å². The summed E-state index contributed by atoms with van der Waals surface area (Å²) in [5.41, 5.74) is 0.917. The predicted molar refractivity (Wildman–Crippen MR) is 124 cm³/mol. The topological polar surface area (TPSA) is 111 Å². The van der Waals surface area contributed by atoms with Crippen molar-refractivity contribution in [1.82, 2.24) is 10.2 Å². The quantitative estimate of drug-likeness (QED) is 0.335. The third-order valence-electron chi connectivity index (χ3n) is 5.49. The molecule has 0 unspecified atom stereocenters. The Morgan fingerprint density at radius 3 is 2.53 bits per heavy atom. The largest absolute Gasteiger partial charge is 0.507 e. The van der Waals surface area contributed by atoms with Crippen LogP contribution in [0, 0.1) is 6.92 Å². The average molecular weight is 480 g/mol. The predicted octanol–water partition coefficient (Wildman–Crippen LogP) is 3.64. The summed E-state index contributed by atoms with van der Waals surface area (Å²) >= 11 is 1.19. The molecule has 0 radical (unpaired) electrons. The summed E-state index contributed by atoms with van der Waals surface area (Å²) in [6, 6.07) is 11.0. The minimum atomic E-state index is -0.892. The van der Waals surface area contributed by atoms with Crippen LogP contribution >= 0.6 is 11.3 Å². The maximum atomic E-state index is 13.2. The smallest absolute Gasteiger partial charge is 0.301 e. The zero-order valence-electron chi connectivity index (χ0n) is 18.5. The number of anilines is 1. The van der Waals surface area contributed by atoms with E-state index in [0.717, 1.165) is 0 Å². The molecule has 5 rings (SSSR count). The van der Waals surface area contributed by atoms with Gasteiger partial charge in [0.25, 0.3) is 5.78 Å². The van der Waals surface area contributed by atoms with E-state index in [-0.39, 0.29) is 16.5 Å². The van der Waals surface area contributed by atoms with Crippen LogP contribution < -0.4 is 19.1 Å². The van der Waals surface area contributed by atoms with Gasteiger partial charge in [0.05, 0.1) is 18.2 Å². The number of rotatable bonds is 5. The maximum absolute atomic E-state index is 13.2. The Morgan fingerprint density at radius 2 is 1.85 bits per heavy atom. The van der Waals surface area contributed by atoms with Crippen molar-refractivity contribution in [3.05, 3.63) is 64.2 Å². The van der Waals surface area contributed by atoms with E-state index in [1.165, 1.54) is 16.2 Å². The minimum Gasteiger partial charge on any atom is -0.507 e. The van der Waals surface area contributed by atoms with E-state index in [4.69, 9.17) is 14.2 Å². The molecule has 10 heteroatoms. The van der Waals surface area contributed by atoms with Gasteiger partial charge >= 0.3 is 5.91 Å². The summed E-state index contributed by atoms with van der Waals surface area (Å²) in [6.45, 7) is 4.96. The number of hydrogen-bond donors (Lipinski definition) is 1. The lowest BCUT2D eigenvalue weighted by Crippen LogP contribution is -2.29. The van der Waals surface area contributed by atoms with Crippen molar-refractivity contribution in [3.63, 3.8) is 0 Å². The van der Waals surface area contributed by atoms with E-state index in [9.17, 15) is 14.7 Å². The number of aromatic nitrogens is 2. The van der Waals surface area contributed by atoms with Crippen molar-refractivity contribution in [1.29, 1.82) is 0 Å². The molecule has 3 heterocycles. The summed E-state index contributed by atoms with van der Waals surface area (Å²) in [5, 5.41) is 20.3. The van der Waals surface area contributed by atoms with E-state index in [2.05, 4.69) is 10.2 Å². The van der Waals surface area contributed by atoms with Crippen LogP contribution in [0.5, 0.6) is 17.2 Å². The molecule has 0 saturated carbocycles. The van der Waals surface area contributed by atoms with Gasteiger partial charge in [-0.25, -0.2) is 0 Å². The van der Waals surface area contributed by atoms with Crippen molar-refractivity contribution in [2.24, 2.45) is 0 Å². The fourth-order valence-electron chi connectivity index (χ4n) is 3.99. The fraction of sp³-hybridized carbons (Fsp3) is 0.250. The molecule has 1 N–H and O–H groups in total. The molecular formula is C24H21N3O6S. The molecule has 174 valence electrons. The number of aliphatic hydroxyl groups is 1. The number of benzene rings is 2. The summed E-state index contributed by atoms with van der Waals surface area (Å²) in [6.07, 6.45) is 0. The normalized spacial score (nSPS) is 18.9. The minimum absolute atomic E-state index is 0.0429. The Bertz CT molecular complexity index is 1300. The second-order valence-electron chi connectivity index (χ2n) is 7.63. The highest BCUT2D eigenvalue weighted by atomic mass is 32.1. The molecule has 2 aromatic carbocycles. The molecule has 1 saturated heterocycles. The third kappa shape index (κ3) is 3.75. The highest BCUT2D eigenvalue weighted by Gasteiger charge is 2.48. The lowest BCUT2D eigenvalue weighted by Gasteiger charge is -2.23. The van der Waals surface area contributed by atoms with Gasteiger partial charge in [0.15, 0.2) is 11.5 Å². The van der Waals surface area contributed by atoms with Crippen molar-refractivity contribution in [3.8, 4) is 17.2 Å². The molecule has 0 bridgehead atoms. The third-order valence-corrected chi connectivity index (χ3v) is 6.33. The van der Waals surface area contributed by atoms with E-state index < -0.39 is 17.7 Å². The molecule has 34 heavy (non-hydrogen) atoms. The first-order valence-electron chi connectivity index (χ1n) is 10.7. The first kappa shape index (κ1) is 21.9. The Balaban J connectivity index is 1.65. The number of fused-ring (bicyclic) bond motifs is 1. The lowest BCUT2D eigenvalue weighted by molar-refractivity contribution is -0.132. The fourth-order valence-corrected chi connectivity index (χ4v) is 4.70. The van der Waals surface area contributed by atoms with Crippen LogP contribution in [-0.4, -0.2) is 46.8 Å². The van der Waals surface area contributed by atoms with Gasteiger partial charge < -0.3 is 19.3 Å². The monoisotopic (exact) mass is 479 g/mol. The number of carbonyl (C=O) groups excluding carboxylic acids is 2. The van der Waals surface area contributed by atoms with Crippen molar-refractivity contribution in [2.75, 3.05) is 24.7 Å². The summed E-state index contributed by atoms with van der Waals surface area (Å²) in [5.74, 6) is -0.231. The van der Waals surface area contributed by atoms with E-state index in [1.54, 1.807) is 49.4 Å². The lowest BCUT2D eigenvalue weighted by atomic mass is 9.95. The van der Waals surface area contributed by atoms with Gasteiger partial charge in [-0.2, -0.15) is 0 Å². The van der Waals surface area contributed by atoms with Gasteiger partial charge in [0, 0.05) is 5.56 Å². The van der Waals surface area contributed by atoms with Gasteiger partial charge in [-0.15, -0.1) is 10.2 Å². The second-order valence-corrected chi connectivity index (χ2v) is 8.79. The molecule has 9 nitrogen and oxygen atoms in total. The highest BCUT2D eigenvalue weighted by Crippen LogP contribution is 2.44. The van der Waals surface area contributed by atoms with Crippen LogP contribution in [0.2, 0.25) is 0 Å². The van der Waals surface area contributed by atoms with Crippen molar-refractivity contribution >= 4 is 33.9 Å². The molecule has 1 aromatic heterocycles. The van der Waals surface area contributed by atoms with E-state index >= 15 is 0 Å². The van der Waals surface area contributed by atoms with Crippen molar-refractivity contribution < 1.29 is 28.9 Å². The number of carbonyl (C=O) groups is 2. The molecule has 0 spiro atoms. The Kier molecular flexibility index (Phi) is 5.66. The number of hydrogen-bond acceptors (Lipinski definition) is 9. The molecule has 0 aliphatic carbocycles. The first-order valence-corrected chi connectivity index (χ1v) is 11.5. The van der Waals surface area contributed by atoms with Crippen LogP contribution in [0.3, 0.4) is 0 Å². The summed E-state index contributed by atoms with van der Waals surface area (Å²) in [4.78, 5) is 27.7. The zero-order valence-corrected chi connectivity index (χ0v) is 19.3. The van der Waals surface area contributed by atoms with Gasteiger partial charge in [-0.05, 0) is 49.7 Å². The molecule has 3 aromatic rings. The molecule has 2 aliphatic rings. The summed E-state index contributed by atoms with van der Waals surface area (Å²) in [7, 11) is 0. The maximum Gasteiger partial charge on any atom is 0.301 e. The molecule has 1 atom stereocenters. The molecule has 1 fully saturated rings. The van der Waals surface area contributed by atoms with E-state index in [1.807, 2.05) is 6.92 Å². The van der Waals surface area contributed by atoms with Crippen LogP contribution in [0.15, 0.2) is 48.0 Å². The van der Waals surface area contributed by atoms with Gasteiger partial charge in [0.2, 0.25) is 5.13 Å². The second kappa shape index (κ2) is 8.79. The van der Waals surface area contributed by atoms with Gasteiger partial charge in [-0.3, -0.25) is 14.5 Å². The molecule has 2 aliphatic heterocycles. The first-order chi connectivity index (χ1) is 16.5. The standard InChI is InChI=1S/C24H21N3O6S/c1-3-31-16-7-4-14(5-8-16)20-19(22(29)23(30)27(20)24-26-25-13(2)34-24)21(28)15-6-9-17-18(12-15)33-11-10-32-17/h4-9,12,20,28H,3,10-11H2,1-2H3/t20-/m0/s1. The SMILES string of the molecule is CCOc1ccc([C@H]2C(=C(O)c3ccc4c(c3)OCCO4)C(=O)C(=O)N2c2nnc(C)s2)cc1. The Morgan fingerprint density at radius 1 is 1.12 bits per heavy atom. The number of aliphatic hydroxyl groups excluding tert-OH is 1. The number of amides is 1. The van der Waals surface area contributed by atoms with Crippen LogP contribution in [0.4, 0.5) is 5.13 Å². The average Bonchev–Trinajstić information content (AvgIpc) is 3.39. The van der Waals surface area contributed by atoms with Gasteiger partial charge in [0.1, 0.15) is 29.7 Å². The zero-order chi connectivity index (χ0) is 23.8. The Hall–Kier alpha value is -3.92. The Labute approximate surface area is 199 Å². The van der Waals surface area contributed by atoms with Crippen LogP contribution in [0.25, 0.3) is 5.76 Å². The number of ether oxygens (including phenoxy) is 3. The number of aryl methyl sites for hydroxylation is 1. The molecule has 1 amide bonds. The van der Waals surface area contributed by atoms with Crippen LogP contribution in [-0.2, 0) is 9.59 Å².